The van der Waals surface area contributed by atoms with Crippen LogP contribution < -0.4 is 10.1 Å². The molecule has 1 N–H and O–H groups in total. The quantitative estimate of drug-likeness (QED) is 0.784. The lowest BCUT2D eigenvalue weighted by molar-refractivity contribution is -0.121. The standard InChI is InChI=1S/C20H21Cl2NO2/c1-25-16-8-9-17-14(11-16)3-2-4-19(17)23-20(24)10-6-13-5-7-15(21)12-18(13)22/h5,7-9,11-12,19H,2-4,6,10H2,1H3,(H,23,24)/t19-/m0/s1. The highest BCUT2D eigenvalue weighted by molar-refractivity contribution is 6.35. The van der Waals surface area contributed by atoms with E-state index in [-0.39, 0.29) is 11.9 Å². The first-order valence-corrected chi connectivity index (χ1v) is 9.22. The van der Waals surface area contributed by atoms with E-state index in [0.717, 1.165) is 30.6 Å². The van der Waals surface area contributed by atoms with E-state index in [1.165, 1.54) is 11.1 Å². The van der Waals surface area contributed by atoms with Crippen molar-refractivity contribution < 1.29 is 9.53 Å². The summed E-state index contributed by atoms with van der Waals surface area (Å²) in [6.45, 7) is 0. The fourth-order valence-corrected chi connectivity index (χ4v) is 3.81. The van der Waals surface area contributed by atoms with Crippen LogP contribution in [0.2, 0.25) is 10.0 Å². The SMILES string of the molecule is COc1ccc2c(c1)CCC[C@@H]2NC(=O)CCc1ccc(Cl)cc1Cl. The van der Waals surface area contributed by atoms with Gasteiger partial charge >= 0.3 is 0 Å². The number of halogens is 2. The zero-order chi connectivity index (χ0) is 17.8. The third kappa shape index (κ3) is 4.47. The molecule has 0 radical (unpaired) electrons. The minimum atomic E-state index is 0.0414. The summed E-state index contributed by atoms with van der Waals surface area (Å²) in [5, 5.41) is 4.38. The summed E-state index contributed by atoms with van der Waals surface area (Å²) < 4.78 is 5.29. The maximum atomic E-state index is 12.4. The van der Waals surface area contributed by atoms with Crippen molar-refractivity contribution in [3.8, 4) is 5.75 Å². The first-order valence-electron chi connectivity index (χ1n) is 8.47. The van der Waals surface area contributed by atoms with Crippen molar-refractivity contribution in [3.05, 3.63) is 63.1 Å². The molecule has 0 spiro atoms. The highest BCUT2D eigenvalue weighted by Gasteiger charge is 2.22. The Labute approximate surface area is 158 Å². The Balaban J connectivity index is 1.62. The van der Waals surface area contributed by atoms with Crippen LogP contribution in [0.5, 0.6) is 5.75 Å². The van der Waals surface area contributed by atoms with Gasteiger partial charge in [-0.05, 0) is 66.6 Å². The zero-order valence-corrected chi connectivity index (χ0v) is 15.7. The van der Waals surface area contributed by atoms with Crippen molar-refractivity contribution in [2.45, 2.75) is 38.1 Å². The molecule has 0 unspecified atom stereocenters. The molecule has 0 heterocycles. The topological polar surface area (TPSA) is 38.3 Å². The number of methoxy groups -OCH3 is 1. The van der Waals surface area contributed by atoms with Crippen molar-refractivity contribution >= 4 is 29.1 Å². The molecule has 0 saturated carbocycles. The molecule has 0 aliphatic heterocycles. The van der Waals surface area contributed by atoms with Gasteiger partial charge in [0.25, 0.3) is 0 Å². The second kappa shape index (κ2) is 8.11. The number of carbonyl (C=O) groups is 1. The van der Waals surface area contributed by atoms with Gasteiger partial charge in [-0.2, -0.15) is 0 Å². The van der Waals surface area contributed by atoms with Crippen LogP contribution in [0.3, 0.4) is 0 Å². The molecule has 2 aromatic rings. The highest BCUT2D eigenvalue weighted by Crippen LogP contribution is 2.32. The monoisotopic (exact) mass is 377 g/mol. The van der Waals surface area contributed by atoms with Gasteiger partial charge in [-0.3, -0.25) is 4.79 Å². The summed E-state index contributed by atoms with van der Waals surface area (Å²) in [6.07, 6.45) is 4.06. The third-order valence-corrected chi connectivity index (χ3v) is 5.22. The number of carbonyl (C=O) groups excluding carboxylic acids is 1. The second-order valence-corrected chi connectivity index (χ2v) is 7.16. The highest BCUT2D eigenvalue weighted by atomic mass is 35.5. The van der Waals surface area contributed by atoms with Crippen LogP contribution in [0.25, 0.3) is 0 Å². The van der Waals surface area contributed by atoms with Gasteiger partial charge < -0.3 is 10.1 Å². The van der Waals surface area contributed by atoms with E-state index < -0.39 is 0 Å². The Bertz CT molecular complexity index is 776. The van der Waals surface area contributed by atoms with Crippen LogP contribution >= 0.6 is 23.2 Å². The smallest absolute Gasteiger partial charge is 0.220 e. The number of ether oxygens (including phenoxy) is 1. The Kier molecular flexibility index (Phi) is 5.87. The zero-order valence-electron chi connectivity index (χ0n) is 14.1. The van der Waals surface area contributed by atoms with Gasteiger partial charge in [0.15, 0.2) is 0 Å². The van der Waals surface area contributed by atoms with Crippen LogP contribution in [-0.4, -0.2) is 13.0 Å². The van der Waals surface area contributed by atoms with E-state index in [0.29, 0.717) is 22.9 Å². The summed E-state index contributed by atoms with van der Waals surface area (Å²) in [6, 6.07) is 11.5. The molecule has 0 saturated heterocycles. The Hall–Kier alpha value is -1.71. The fraction of sp³-hybridized carbons (Fsp3) is 0.350. The molecule has 0 fully saturated rings. The number of benzene rings is 2. The second-order valence-electron chi connectivity index (χ2n) is 6.31. The number of aryl methyl sites for hydroxylation is 2. The number of fused-ring (bicyclic) bond motifs is 1. The largest absolute Gasteiger partial charge is 0.497 e. The maximum absolute atomic E-state index is 12.4. The molecule has 1 aliphatic carbocycles. The first kappa shape index (κ1) is 18.1. The van der Waals surface area contributed by atoms with E-state index >= 15 is 0 Å². The lowest BCUT2D eigenvalue weighted by Gasteiger charge is -2.27. The molecule has 0 aromatic heterocycles. The Morgan fingerprint density at radius 2 is 2.08 bits per heavy atom. The number of hydrogen-bond acceptors (Lipinski definition) is 2. The summed E-state index contributed by atoms with van der Waals surface area (Å²) in [5.74, 6) is 0.905. The van der Waals surface area contributed by atoms with E-state index in [2.05, 4.69) is 17.4 Å². The van der Waals surface area contributed by atoms with Crippen molar-refractivity contribution in [3.63, 3.8) is 0 Å². The molecule has 3 nitrogen and oxygen atoms in total. The van der Waals surface area contributed by atoms with Crippen molar-refractivity contribution in [2.24, 2.45) is 0 Å². The van der Waals surface area contributed by atoms with Gasteiger partial charge in [0.05, 0.1) is 13.2 Å². The van der Waals surface area contributed by atoms with Gasteiger partial charge in [0.2, 0.25) is 5.91 Å². The van der Waals surface area contributed by atoms with Gasteiger partial charge in [0.1, 0.15) is 5.75 Å². The fourth-order valence-electron chi connectivity index (χ4n) is 3.31. The van der Waals surface area contributed by atoms with Crippen molar-refractivity contribution in [2.75, 3.05) is 7.11 Å². The normalized spacial score (nSPS) is 16.2. The summed E-state index contributed by atoms with van der Waals surface area (Å²) in [5.41, 5.74) is 3.40. The molecule has 0 bridgehead atoms. The van der Waals surface area contributed by atoms with Crippen LogP contribution in [-0.2, 0) is 17.6 Å². The summed E-state index contributed by atoms with van der Waals surface area (Å²) >= 11 is 12.1. The molecule has 132 valence electrons. The van der Waals surface area contributed by atoms with Crippen molar-refractivity contribution in [1.29, 1.82) is 0 Å². The average molecular weight is 378 g/mol. The predicted octanol–water partition coefficient (Wildman–Crippen LogP) is 5.13. The minimum absolute atomic E-state index is 0.0414. The number of amides is 1. The number of nitrogens with one attached hydrogen (secondary N) is 1. The van der Waals surface area contributed by atoms with E-state index in [9.17, 15) is 4.79 Å². The van der Waals surface area contributed by atoms with Crippen molar-refractivity contribution in [1.82, 2.24) is 5.32 Å². The predicted molar refractivity (Wildman–Crippen MR) is 102 cm³/mol. The van der Waals surface area contributed by atoms with E-state index in [1.807, 2.05) is 12.1 Å². The van der Waals surface area contributed by atoms with Crippen LogP contribution in [0.15, 0.2) is 36.4 Å². The van der Waals surface area contributed by atoms with Gasteiger partial charge in [0, 0.05) is 16.5 Å². The van der Waals surface area contributed by atoms with E-state index in [4.69, 9.17) is 27.9 Å². The molecule has 25 heavy (non-hydrogen) atoms. The Morgan fingerprint density at radius 3 is 2.84 bits per heavy atom. The molecule has 1 aliphatic rings. The van der Waals surface area contributed by atoms with Gasteiger partial charge in [-0.1, -0.05) is 35.3 Å². The minimum Gasteiger partial charge on any atom is -0.497 e. The summed E-state index contributed by atoms with van der Waals surface area (Å²) in [7, 11) is 1.67. The molecule has 1 atom stereocenters. The molecule has 2 aromatic carbocycles. The van der Waals surface area contributed by atoms with Gasteiger partial charge in [-0.15, -0.1) is 0 Å². The maximum Gasteiger partial charge on any atom is 0.220 e. The average Bonchev–Trinajstić information content (AvgIpc) is 2.60. The molecular weight excluding hydrogens is 357 g/mol. The molecule has 3 rings (SSSR count). The van der Waals surface area contributed by atoms with E-state index in [1.54, 1.807) is 19.2 Å². The third-order valence-electron chi connectivity index (χ3n) is 4.64. The lowest BCUT2D eigenvalue weighted by Crippen LogP contribution is -2.31. The van der Waals surface area contributed by atoms with Crippen LogP contribution in [0.1, 0.15) is 42.0 Å². The number of rotatable bonds is 5. The summed E-state index contributed by atoms with van der Waals surface area (Å²) in [4.78, 5) is 12.4. The molecular formula is C20H21Cl2NO2. The van der Waals surface area contributed by atoms with Gasteiger partial charge in [-0.25, -0.2) is 0 Å². The molecule has 1 amide bonds. The van der Waals surface area contributed by atoms with Crippen LogP contribution in [0.4, 0.5) is 0 Å². The molecule has 5 heteroatoms. The Morgan fingerprint density at radius 1 is 1.24 bits per heavy atom. The lowest BCUT2D eigenvalue weighted by atomic mass is 9.87. The number of hydrogen-bond donors (Lipinski definition) is 1. The van der Waals surface area contributed by atoms with Crippen LogP contribution in [0, 0.1) is 0 Å². The first-order chi connectivity index (χ1) is 12.1.